The predicted octanol–water partition coefficient (Wildman–Crippen LogP) is 7.98. The number of benzene rings is 4. The number of methoxy groups -OCH3 is 2. The molecule has 784 valence electrons. The molecule has 3 amide bonds. The Bertz CT molecular complexity index is 5260. The first kappa shape index (κ1) is 127. The Balaban J connectivity index is 0.00000115. The molecule has 12 atom stereocenters. The van der Waals surface area contributed by atoms with Crippen LogP contribution in [-0.2, 0) is 96.5 Å². The van der Waals surface area contributed by atoms with E-state index in [1.54, 1.807) is 140 Å². The molecule has 12 unspecified atom stereocenters. The Kier molecular flexibility index (Phi) is 49.1. The van der Waals surface area contributed by atoms with E-state index >= 15 is 14.4 Å². The topological polar surface area (TPSA) is 572 Å². The molecular weight excluding hydrogens is 1880 g/mol. The summed E-state index contributed by atoms with van der Waals surface area (Å²) >= 11 is 0. The number of nitrogens with two attached hydrogens (primary N) is 1. The number of hydrogen-bond donors (Lipinski definition) is 10. The van der Waals surface area contributed by atoms with Crippen molar-refractivity contribution in [2.75, 3.05) is 73.4 Å². The van der Waals surface area contributed by atoms with E-state index in [2.05, 4.69) is 33.3 Å². The van der Waals surface area contributed by atoms with Gasteiger partial charge in [-0.3, -0.25) is 67.2 Å². The van der Waals surface area contributed by atoms with Crippen LogP contribution in [0.25, 0.3) is 0 Å². The Morgan fingerprint density at radius 1 is 0.518 bits per heavy atom. The number of amides is 3. The molecule has 3 aliphatic heterocycles. The third-order valence-corrected chi connectivity index (χ3v) is 29.2. The number of aliphatic hydroxyl groups excluding tert-OH is 2. The molecule has 0 radical (unpaired) electrons. The fraction of sp³-hybridized carbons (Fsp3) is 0.627. The number of likely N-dealkylation sites (tertiary alicyclic amines) is 1. The standard InChI is InChI=1S/C69H101N3O21S.C17H19NO6S.C10H16O3.C4H11N.C2H6O.Na/c1-20-65(9,10)52(63(86)92-27-26-71-94(88,89)48-28-41(46(73)29-47(48)90-19)54(74)40-24-22-38(7)23-25-40)44(59(80)81)33-68(15,16)51-42(56(76)72(57(51)77)35-37(5)6)30-67(13,14)50(55(75)70-34-36(3)4)43(58(78)79)31-69(17,18)53(62(85)91-21-2)45(60(82)83)32-66(11,12)49-39(8)61(84)93-64(49)87;1-11-3-5-12(6-4-11)17(21)13-9-16(15(24-2)10-14(13)20)25(22,23)18-7-8-19;1-5-10(3,4)7-6(2)8(11)13-9(7)12;1-4(2)3-5;1-2-3;/h22-25,28-29,36-37,39,42-45,49-53,71,73H,20-21,26-27,30-35H2,1-19H3,(H,70,75)(H,78,79)(H,80,81)(H,82,83);3-6,9-10,18-20H,7-8H2,1-2H3;6-7H,5H2,1-4H3;4H,3,5H2,1-2H3;3H,2H2,1H3;/q;;;;;+1/p-1. The van der Waals surface area contributed by atoms with Crippen molar-refractivity contribution in [3.63, 3.8) is 0 Å². The van der Waals surface area contributed by atoms with Gasteiger partial charge in [0.2, 0.25) is 37.8 Å². The zero-order valence-corrected chi connectivity index (χ0v) is 91.1. The van der Waals surface area contributed by atoms with Gasteiger partial charge in [-0.05, 0) is 122 Å². The van der Waals surface area contributed by atoms with E-state index in [1.165, 1.54) is 46.9 Å². The SMILES string of the molecule is CC(C)CN.CCC(C)(C)C1C(=O)OC(=O)C1C.CCO.CCOC(=O)C(C(CC(C)(C)C1C(=O)OC(=O)C1C)C(=O)O)C(C)(C)CC(C(=O)[O-])C(C(=O)NCC(C)C)C(C)(C)CC1C(=O)N(CC(C)C)C(=O)C1C(C)(C)CC(C(=O)O)C(C(=O)OCCNS(=O)(=O)c1cc(C(=O)c2ccc(C)cc2)c(O)cc1OC)C(C)(C)CC.COc1cc(O)c(C(=O)c2ccc(C)cc2)cc1S(=O)(=O)NCCO.[Na+]. The summed E-state index contributed by atoms with van der Waals surface area (Å²) in [6.45, 7) is 43.7. The zero-order chi connectivity index (χ0) is 108. The number of imide groups is 1. The van der Waals surface area contributed by atoms with Gasteiger partial charge in [-0.15, -0.1) is 0 Å². The van der Waals surface area contributed by atoms with E-state index in [-0.39, 0.29) is 162 Å². The molecule has 0 bridgehead atoms. The molecule has 36 nitrogen and oxygen atoms in total. The number of aliphatic carboxylic acids is 3. The minimum absolute atomic E-state index is 0. The van der Waals surface area contributed by atoms with Crippen molar-refractivity contribution in [2.45, 2.75) is 228 Å². The summed E-state index contributed by atoms with van der Waals surface area (Å²) < 4.78 is 87.9. The number of carbonyl (C=O) groups is 14. The Labute approximate surface area is 852 Å². The van der Waals surface area contributed by atoms with E-state index < -0.39 is 220 Å². The molecular formula is C102H152N5NaO31S2. The van der Waals surface area contributed by atoms with Crippen LogP contribution >= 0.6 is 0 Å². The van der Waals surface area contributed by atoms with E-state index in [4.69, 9.17) is 39.6 Å². The smallest absolute Gasteiger partial charge is 0.550 e. The number of phenolic OH excluding ortho intramolecular Hbond substituents is 2. The first-order valence-electron chi connectivity index (χ1n) is 47.2. The number of ether oxygens (including phenoxy) is 6. The third kappa shape index (κ3) is 34.0. The van der Waals surface area contributed by atoms with Gasteiger partial charge in [0.05, 0.1) is 104 Å². The Morgan fingerprint density at radius 2 is 0.908 bits per heavy atom. The van der Waals surface area contributed by atoms with Gasteiger partial charge >= 0.3 is 77.3 Å². The monoisotopic (exact) mass is 2030 g/mol. The molecule has 0 aromatic heterocycles. The second-order valence-corrected chi connectivity index (χ2v) is 44.9. The minimum Gasteiger partial charge on any atom is -0.550 e. The van der Waals surface area contributed by atoms with Gasteiger partial charge in [0.15, 0.2) is 11.6 Å². The van der Waals surface area contributed by atoms with Crippen molar-refractivity contribution >= 4 is 103 Å². The fourth-order valence-corrected chi connectivity index (χ4v) is 20.7. The quantitative estimate of drug-likeness (QED) is 0.00381. The first-order valence-corrected chi connectivity index (χ1v) is 50.1. The van der Waals surface area contributed by atoms with Crippen molar-refractivity contribution in [3.05, 3.63) is 106 Å². The van der Waals surface area contributed by atoms with Crippen LogP contribution in [0.4, 0.5) is 0 Å². The Hall–Kier alpha value is -9.64. The Morgan fingerprint density at radius 3 is 1.25 bits per heavy atom. The van der Waals surface area contributed by atoms with Gasteiger partial charge in [0, 0.05) is 67.9 Å². The van der Waals surface area contributed by atoms with Crippen LogP contribution in [0.2, 0.25) is 0 Å². The molecule has 0 aliphatic carbocycles. The maximum absolute atomic E-state index is 15.2. The molecule has 4 aromatic carbocycles. The second kappa shape index (κ2) is 54.3. The molecule has 3 aliphatic rings. The molecule has 4 aromatic rings. The number of nitrogens with zero attached hydrogens (tertiary/aromatic N) is 1. The minimum atomic E-state index is -4.58. The van der Waals surface area contributed by atoms with Crippen molar-refractivity contribution in [3.8, 4) is 23.0 Å². The largest absolute Gasteiger partial charge is 1.00 e. The second-order valence-electron chi connectivity index (χ2n) is 41.4. The average molecular weight is 2030 g/mol. The third-order valence-electron chi connectivity index (χ3n) is 26.3. The number of nitrogens with one attached hydrogen (secondary N) is 3. The molecule has 3 saturated heterocycles. The number of esters is 6. The van der Waals surface area contributed by atoms with Gasteiger partial charge in [-0.2, -0.15) is 0 Å². The number of carbonyl (C=O) groups excluding carboxylic acids is 12. The maximum Gasteiger partial charge on any atom is 1.00 e. The van der Waals surface area contributed by atoms with Gasteiger partial charge in [0.1, 0.15) is 39.4 Å². The summed E-state index contributed by atoms with van der Waals surface area (Å²) in [5.74, 6) is -29.1. The summed E-state index contributed by atoms with van der Waals surface area (Å²) in [6, 6.07) is 17.1. The van der Waals surface area contributed by atoms with Gasteiger partial charge in [-0.25, -0.2) is 26.3 Å². The number of rotatable bonds is 46. The number of aryl methyl sites for hydroxylation is 2. The number of aliphatic hydroxyl groups is 2. The van der Waals surface area contributed by atoms with E-state index in [0.29, 0.717) is 11.5 Å². The van der Waals surface area contributed by atoms with Gasteiger partial charge in [-0.1, -0.05) is 225 Å². The summed E-state index contributed by atoms with van der Waals surface area (Å²) in [5.41, 5.74) is -0.472. The normalized spacial score (nSPS) is 18.2. The fourth-order valence-electron chi connectivity index (χ4n) is 18.3. The molecule has 39 heteroatoms. The van der Waals surface area contributed by atoms with Crippen molar-refractivity contribution < 1.29 is 178 Å². The van der Waals surface area contributed by atoms with E-state index in [9.17, 15) is 95.1 Å². The van der Waals surface area contributed by atoms with Crippen LogP contribution in [0, 0.1) is 135 Å². The average Bonchev–Trinajstić information content (AvgIpc) is 1.68. The first-order chi connectivity index (χ1) is 64.6. The van der Waals surface area contributed by atoms with Crippen molar-refractivity contribution in [1.82, 2.24) is 19.7 Å². The van der Waals surface area contributed by atoms with E-state index in [0.717, 1.165) is 60.4 Å². The molecule has 0 spiro atoms. The molecule has 11 N–H and O–H groups in total. The number of carboxylic acids is 3. The van der Waals surface area contributed by atoms with Gasteiger partial charge in [0.25, 0.3) is 0 Å². The molecule has 141 heavy (non-hydrogen) atoms. The number of aromatic hydroxyl groups is 2. The maximum atomic E-state index is 15.2. The van der Waals surface area contributed by atoms with Crippen LogP contribution in [-0.4, -0.2) is 209 Å². The number of sulfonamides is 2. The van der Waals surface area contributed by atoms with Crippen LogP contribution in [0.1, 0.15) is 248 Å². The number of phenols is 2. The van der Waals surface area contributed by atoms with Crippen LogP contribution in [0.3, 0.4) is 0 Å². The van der Waals surface area contributed by atoms with Gasteiger partial charge < -0.3 is 80.0 Å². The van der Waals surface area contributed by atoms with Crippen LogP contribution in [0.5, 0.6) is 23.0 Å². The summed E-state index contributed by atoms with van der Waals surface area (Å²) in [4.78, 5) is 190. The van der Waals surface area contributed by atoms with Crippen molar-refractivity contribution in [1.29, 1.82) is 0 Å². The number of carboxylic acid groups (broad SMARTS) is 3. The molecule has 3 fully saturated rings. The van der Waals surface area contributed by atoms with E-state index in [1.807, 2.05) is 34.6 Å². The zero-order valence-electron chi connectivity index (χ0n) is 87.4. The molecule has 3 heterocycles. The summed E-state index contributed by atoms with van der Waals surface area (Å²) in [7, 11) is -6.20. The van der Waals surface area contributed by atoms with Crippen LogP contribution < -0.4 is 64.6 Å². The summed E-state index contributed by atoms with van der Waals surface area (Å²) in [6.07, 6.45) is -0.768. The number of cyclic esters (lactones) is 4. The predicted molar refractivity (Wildman–Crippen MR) is 517 cm³/mol. The number of ketones is 2. The number of hydrogen-bond acceptors (Lipinski definition) is 30. The summed E-state index contributed by atoms with van der Waals surface area (Å²) in [5, 5.41) is 76.4. The van der Waals surface area contributed by atoms with Crippen molar-refractivity contribution in [2.24, 2.45) is 127 Å². The molecule has 0 saturated carbocycles. The molecule has 7 rings (SSSR count). The van der Waals surface area contributed by atoms with Crippen LogP contribution in [0.15, 0.2) is 82.6 Å².